The van der Waals surface area contributed by atoms with E-state index < -0.39 is 23.2 Å². The van der Waals surface area contributed by atoms with E-state index in [0.29, 0.717) is 31.6 Å². The zero-order valence-electron chi connectivity index (χ0n) is 14.2. The normalized spacial score (nSPS) is 22.0. The third-order valence-corrected chi connectivity index (χ3v) is 5.74. The number of anilines is 1. The van der Waals surface area contributed by atoms with Gasteiger partial charge in [-0.3, -0.25) is 9.59 Å². The van der Waals surface area contributed by atoms with Crippen molar-refractivity contribution in [2.24, 2.45) is 5.92 Å². The van der Waals surface area contributed by atoms with E-state index in [1.807, 2.05) is 0 Å². The molecule has 2 N–H and O–H groups in total. The molecular weight excluding hydrogens is 365 g/mol. The zero-order valence-corrected chi connectivity index (χ0v) is 14.9. The number of carboxylic acid groups (broad SMARTS) is 1. The van der Waals surface area contributed by atoms with Crippen LogP contribution in [0, 0.1) is 11.7 Å². The molecular formula is C17H19ClFN3O4. The maximum Gasteiger partial charge on any atom is 0.321 e. The SMILES string of the molecule is CN1C(=O)C[C@@H](C(=O)O)C12CCN(C(=O)Nc1ccc(F)c(Cl)c1)CC2. The number of hydrogen-bond acceptors (Lipinski definition) is 3. The number of hydrogen-bond donors (Lipinski definition) is 2. The summed E-state index contributed by atoms with van der Waals surface area (Å²) < 4.78 is 13.2. The number of amides is 3. The number of halogens is 2. The van der Waals surface area contributed by atoms with E-state index in [2.05, 4.69) is 5.32 Å². The molecule has 1 atom stereocenters. The zero-order chi connectivity index (χ0) is 19.1. The molecule has 9 heteroatoms. The van der Waals surface area contributed by atoms with Crippen molar-refractivity contribution >= 4 is 35.2 Å². The molecule has 0 unspecified atom stereocenters. The van der Waals surface area contributed by atoms with Gasteiger partial charge in [-0.05, 0) is 31.0 Å². The number of nitrogens with zero attached hydrogens (tertiary/aromatic N) is 2. The smallest absolute Gasteiger partial charge is 0.321 e. The van der Waals surface area contributed by atoms with Crippen LogP contribution in [0.3, 0.4) is 0 Å². The molecule has 3 amide bonds. The quantitative estimate of drug-likeness (QED) is 0.820. The average molecular weight is 384 g/mol. The molecule has 0 aromatic heterocycles. The van der Waals surface area contributed by atoms with Crippen molar-refractivity contribution in [2.75, 3.05) is 25.5 Å². The number of carbonyl (C=O) groups excluding carboxylic acids is 2. The Morgan fingerprint density at radius 3 is 2.58 bits per heavy atom. The minimum atomic E-state index is -0.985. The van der Waals surface area contributed by atoms with Crippen molar-refractivity contribution in [3.63, 3.8) is 0 Å². The molecule has 0 saturated carbocycles. The summed E-state index contributed by atoms with van der Waals surface area (Å²) in [7, 11) is 1.63. The molecule has 140 valence electrons. The highest BCUT2D eigenvalue weighted by Gasteiger charge is 2.55. The molecule has 1 spiro atoms. The third kappa shape index (κ3) is 3.09. The number of piperidine rings is 1. The lowest BCUT2D eigenvalue weighted by Gasteiger charge is -2.45. The van der Waals surface area contributed by atoms with Gasteiger partial charge in [0.25, 0.3) is 0 Å². The molecule has 2 saturated heterocycles. The monoisotopic (exact) mass is 383 g/mol. The second-order valence-electron chi connectivity index (χ2n) is 6.70. The van der Waals surface area contributed by atoms with E-state index in [9.17, 15) is 23.9 Å². The Kier molecular flexibility index (Phi) is 4.79. The van der Waals surface area contributed by atoms with Crippen LogP contribution in [0.15, 0.2) is 18.2 Å². The summed E-state index contributed by atoms with van der Waals surface area (Å²) in [6, 6.07) is 3.53. The summed E-state index contributed by atoms with van der Waals surface area (Å²) in [5, 5.41) is 12.0. The minimum absolute atomic E-state index is 0.00783. The lowest BCUT2D eigenvalue weighted by Crippen LogP contribution is -2.57. The number of benzene rings is 1. The Bertz CT molecular complexity index is 764. The maximum absolute atomic E-state index is 13.2. The van der Waals surface area contributed by atoms with Crippen LogP contribution in [0.2, 0.25) is 5.02 Å². The first-order valence-electron chi connectivity index (χ1n) is 8.25. The van der Waals surface area contributed by atoms with Crippen LogP contribution in [-0.4, -0.2) is 58.5 Å². The Balaban J connectivity index is 1.67. The van der Waals surface area contributed by atoms with Gasteiger partial charge < -0.3 is 20.2 Å². The van der Waals surface area contributed by atoms with Crippen molar-refractivity contribution in [3.8, 4) is 0 Å². The molecule has 3 rings (SSSR count). The fourth-order valence-electron chi connectivity index (χ4n) is 3.86. The lowest BCUT2D eigenvalue weighted by molar-refractivity contribution is -0.145. The molecule has 2 aliphatic rings. The van der Waals surface area contributed by atoms with E-state index in [4.69, 9.17) is 11.6 Å². The molecule has 0 bridgehead atoms. The molecule has 2 fully saturated rings. The molecule has 1 aromatic carbocycles. The van der Waals surface area contributed by atoms with Crippen molar-refractivity contribution in [1.82, 2.24) is 9.80 Å². The fraction of sp³-hybridized carbons (Fsp3) is 0.471. The van der Waals surface area contributed by atoms with E-state index in [1.165, 1.54) is 23.1 Å². The van der Waals surface area contributed by atoms with Crippen molar-refractivity contribution < 1.29 is 23.9 Å². The van der Waals surface area contributed by atoms with Crippen LogP contribution in [0.1, 0.15) is 19.3 Å². The second kappa shape index (κ2) is 6.75. The van der Waals surface area contributed by atoms with Gasteiger partial charge in [-0.15, -0.1) is 0 Å². The summed E-state index contributed by atoms with van der Waals surface area (Å²) in [5.41, 5.74) is -0.378. The maximum atomic E-state index is 13.2. The number of carboxylic acids is 1. The highest BCUT2D eigenvalue weighted by atomic mass is 35.5. The predicted molar refractivity (Wildman–Crippen MR) is 92.5 cm³/mol. The minimum Gasteiger partial charge on any atom is -0.481 e. The first kappa shape index (κ1) is 18.4. The van der Waals surface area contributed by atoms with Gasteiger partial charge in [0.15, 0.2) is 0 Å². The van der Waals surface area contributed by atoms with Crippen LogP contribution in [0.25, 0.3) is 0 Å². The van der Waals surface area contributed by atoms with E-state index >= 15 is 0 Å². The summed E-state index contributed by atoms with van der Waals surface area (Å²) in [4.78, 5) is 39.1. The number of urea groups is 1. The third-order valence-electron chi connectivity index (χ3n) is 5.45. The molecule has 2 heterocycles. The first-order valence-corrected chi connectivity index (χ1v) is 8.63. The summed E-state index contributed by atoms with van der Waals surface area (Å²) in [6.45, 7) is 0.643. The summed E-state index contributed by atoms with van der Waals surface area (Å²) >= 11 is 5.71. The molecule has 0 radical (unpaired) electrons. The van der Waals surface area contributed by atoms with Crippen LogP contribution in [0.5, 0.6) is 0 Å². The van der Waals surface area contributed by atoms with Gasteiger partial charge >= 0.3 is 12.0 Å². The Morgan fingerprint density at radius 2 is 2.00 bits per heavy atom. The molecule has 7 nitrogen and oxygen atoms in total. The Hall–Kier alpha value is -2.35. The van der Waals surface area contributed by atoms with Gasteiger partial charge in [-0.2, -0.15) is 0 Å². The molecule has 26 heavy (non-hydrogen) atoms. The summed E-state index contributed by atoms with van der Waals surface area (Å²) in [6.07, 6.45) is 0.777. The Morgan fingerprint density at radius 1 is 1.35 bits per heavy atom. The fourth-order valence-corrected chi connectivity index (χ4v) is 4.04. The topological polar surface area (TPSA) is 90.0 Å². The second-order valence-corrected chi connectivity index (χ2v) is 7.10. The van der Waals surface area contributed by atoms with Gasteiger partial charge in [0, 0.05) is 32.2 Å². The highest BCUT2D eigenvalue weighted by Crippen LogP contribution is 2.42. The van der Waals surface area contributed by atoms with Gasteiger partial charge in [-0.1, -0.05) is 11.6 Å². The van der Waals surface area contributed by atoms with Crippen LogP contribution in [-0.2, 0) is 9.59 Å². The van der Waals surface area contributed by atoms with Crippen LogP contribution in [0.4, 0.5) is 14.9 Å². The number of nitrogens with one attached hydrogen (secondary N) is 1. The standard InChI is InChI=1S/C17H19ClFN3O4/c1-21-14(23)9-11(15(24)25)17(21)4-6-22(7-5-17)16(26)20-10-2-3-13(19)12(18)8-10/h2-3,8,11H,4-7,9H2,1H3,(H,20,26)(H,24,25)/t11-/m0/s1. The first-order chi connectivity index (χ1) is 12.2. The van der Waals surface area contributed by atoms with E-state index in [-0.39, 0.29) is 23.4 Å². The van der Waals surface area contributed by atoms with Crippen LogP contribution >= 0.6 is 11.6 Å². The molecule has 1 aromatic rings. The molecule has 0 aliphatic carbocycles. The van der Waals surface area contributed by atoms with Crippen LogP contribution < -0.4 is 5.32 Å². The predicted octanol–water partition coefficient (Wildman–Crippen LogP) is 2.41. The molecule has 2 aliphatic heterocycles. The highest BCUT2D eigenvalue weighted by molar-refractivity contribution is 6.31. The van der Waals surface area contributed by atoms with Crippen molar-refractivity contribution in [1.29, 1.82) is 0 Å². The number of rotatable bonds is 2. The summed E-state index contributed by atoms with van der Waals surface area (Å²) in [5.74, 6) is -2.50. The van der Waals surface area contributed by atoms with Gasteiger partial charge in [0.05, 0.1) is 16.5 Å². The number of carbonyl (C=O) groups is 3. The Labute approximate surface area is 154 Å². The van der Waals surface area contributed by atoms with Gasteiger partial charge in [0.2, 0.25) is 5.91 Å². The van der Waals surface area contributed by atoms with Gasteiger partial charge in [0.1, 0.15) is 5.82 Å². The van der Waals surface area contributed by atoms with Gasteiger partial charge in [-0.25, -0.2) is 9.18 Å². The average Bonchev–Trinajstić information content (AvgIpc) is 2.84. The van der Waals surface area contributed by atoms with Crippen molar-refractivity contribution in [2.45, 2.75) is 24.8 Å². The number of likely N-dealkylation sites (tertiary alicyclic amines) is 2. The van der Waals surface area contributed by atoms with E-state index in [0.717, 1.165) is 0 Å². The number of aliphatic carboxylic acids is 1. The lowest BCUT2D eigenvalue weighted by atomic mass is 9.77. The van der Waals surface area contributed by atoms with Crippen molar-refractivity contribution in [3.05, 3.63) is 29.0 Å². The largest absolute Gasteiger partial charge is 0.481 e. The van der Waals surface area contributed by atoms with E-state index in [1.54, 1.807) is 11.9 Å².